The van der Waals surface area contributed by atoms with E-state index in [4.69, 9.17) is 9.47 Å². The molecule has 1 fully saturated rings. The average Bonchev–Trinajstić information content (AvgIpc) is 2.60. The van der Waals surface area contributed by atoms with E-state index in [1.54, 1.807) is 13.2 Å². The molecular weight excluding hydrogens is 384 g/mol. The number of amides is 1. The first kappa shape index (κ1) is 25.0. The van der Waals surface area contributed by atoms with Gasteiger partial charge in [0.15, 0.2) is 0 Å². The number of ether oxygens (including phenoxy) is 2. The maximum Gasteiger partial charge on any atom is 0.234 e. The number of carbonyl (C=O) groups excluding carboxylic acids is 1. The lowest BCUT2D eigenvalue weighted by Crippen LogP contribution is -2.45. The molecule has 6 nitrogen and oxygen atoms in total. The van der Waals surface area contributed by atoms with Gasteiger partial charge in [-0.3, -0.25) is 9.69 Å². The zero-order valence-corrected chi connectivity index (χ0v) is 16.5. The number of carbonyl (C=O) groups is 1. The number of rotatable bonds is 9. The van der Waals surface area contributed by atoms with Crippen LogP contribution in [-0.4, -0.2) is 70.5 Å². The molecule has 1 saturated heterocycles. The number of morpholine rings is 1. The minimum atomic E-state index is -0.265. The molecule has 1 amide bonds. The van der Waals surface area contributed by atoms with E-state index in [1.807, 2.05) is 6.07 Å². The Morgan fingerprint density at radius 1 is 1.35 bits per heavy atom. The Morgan fingerprint density at radius 3 is 2.73 bits per heavy atom. The zero-order valence-electron chi connectivity index (χ0n) is 14.9. The Labute approximate surface area is 166 Å². The molecule has 0 aromatic heterocycles. The van der Waals surface area contributed by atoms with Crippen LogP contribution in [0.1, 0.15) is 11.6 Å². The predicted molar refractivity (Wildman–Crippen MR) is 104 cm³/mol. The highest BCUT2D eigenvalue weighted by Gasteiger charge is 2.23. The highest BCUT2D eigenvalue weighted by atomic mass is 35.5. The van der Waals surface area contributed by atoms with Crippen molar-refractivity contribution in [2.75, 3.05) is 59.7 Å². The van der Waals surface area contributed by atoms with E-state index in [9.17, 15) is 9.18 Å². The van der Waals surface area contributed by atoms with Crippen molar-refractivity contribution in [3.63, 3.8) is 0 Å². The van der Waals surface area contributed by atoms with E-state index < -0.39 is 0 Å². The third kappa shape index (κ3) is 8.62. The van der Waals surface area contributed by atoms with E-state index in [1.165, 1.54) is 12.1 Å². The second-order valence-corrected chi connectivity index (χ2v) is 5.69. The van der Waals surface area contributed by atoms with Gasteiger partial charge in [-0.15, -0.1) is 24.8 Å². The first-order chi connectivity index (χ1) is 11.7. The van der Waals surface area contributed by atoms with Gasteiger partial charge in [0, 0.05) is 33.3 Å². The average molecular weight is 412 g/mol. The summed E-state index contributed by atoms with van der Waals surface area (Å²) >= 11 is 0. The molecule has 0 aliphatic carbocycles. The summed E-state index contributed by atoms with van der Waals surface area (Å²) in [5.41, 5.74) is 0.865. The fourth-order valence-corrected chi connectivity index (χ4v) is 2.71. The fraction of sp³-hybridized carbons (Fsp3) is 0.588. The van der Waals surface area contributed by atoms with Crippen LogP contribution < -0.4 is 10.6 Å². The summed E-state index contributed by atoms with van der Waals surface area (Å²) in [6.45, 7) is 4.70. The van der Waals surface area contributed by atoms with Crippen LogP contribution in [0.2, 0.25) is 0 Å². The molecule has 9 heteroatoms. The van der Waals surface area contributed by atoms with Gasteiger partial charge in [0.05, 0.1) is 32.4 Å². The van der Waals surface area contributed by atoms with Gasteiger partial charge in [-0.1, -0.05) is 12.1 Å². The summed E-state index contributed by atoms with van der Waals surface area (Å²) < 4.78 is 23.9. The van der Waals surface area contributed by atoms with Crippen LogP contribution in [0, 0.1) is 5.82 Å². The topological polar surface area (TPSA) is 62.8 Å². The van der Waals surface area contributed by atoms with Crippen molar-refractivity contribution in [3.05, 3.63) is 35.6 Å². The van der Waals surface area contributed by atoms with Gasteiger partial charge < -0.3 is 20.1 Å². The lowest BCUT2D eigenvalue weighted by atomic mass is 10.0. The second kappa shape index (κ2) is 14.1. The Balaban J connectivity index is 0.00000312. The molecule has 1 aromatic rings. The van der Waals surface area contributed by atoms with Crippen molar-refractivity contribution in [2.24, 2.45) is 0 Å². The number of hydrogen-bond acceptors (Lipinski definition) is 5. The van der Waals surface area contributed by atoms with Crippen LogP contribution in [0.15, 0.2) is 24.3 Å². The summed E-state index contributed by atoms with van der Waals surface area (Å²) in [6.07, 6.45) is 0. The lowest BCUT2D eigenvalue weighted by molar-refractivity contribution is -0.120. The molecule has 0 radical (unpaired) electrons. The SMILES string of the molecule is COCCNCC(=O)NCC(c1cccc(F)c1)N1CCOCC1.Cl.Cl. The molecule has 0 bridgehead atoms. The van der Waals surface area contributed by atoms with Crippen molar-refractivity contribution >= 4 is 30.7 Å². The quantitative estimate of drug-likeness (QED) is 0.601. The second-order valence-electron chi connectivity index (χ2n) is 5.69. The molecule has 0 saturated carbocycles. The summed E-state index contributed by atoms with van der Waals surface area (Å²) in [5.74, 6) is -0.348. The van der Waals surface area contributed by atoms with Crippen LogP contribution in [-0.2, 0) is 14.3 Å². The molecule has 1 aliphatic rings. The van der Waals surface area contributed by atoms with Crippen LogP contribution in [0.3, 0.4) is 0 Å². The van der Waals surface area contributed by atoms with Gasteiger partial charge >= 0.3 is 0 Å². The third-order valence-corrected chi connectivity index (χ3v) is 3.98. The summed E-state index contributed by atoms with van der Waals surface area (Å²) in [6, 6.07) is 6.49. The number of methoxy groups -OCH3 is 1. The molecule has 2 rings (SSSR count). The standard InChI is InChI=1S/C17H26FN3O3.2ClH/c1-23-8-5-19-13-17(22)20-12-16(21-6-9-24-10-7-21)14-3-2-4-15(18)11-14;;/h2-4,11,16,19H,5-10,12-13H2,1H3,(H,20,22);2*1H. The molecular formula is C17H28Cl2FN3O3. The molecule has 1 aromatic carbocycles. The van der Waals surface area contributed by atoms with Crippen molar-refractivity contribution in [1.29, 1.82) is 0 Å². The Bertz CT molecular complexity index is 520. The van der Waals surface area contributed by atoms with Crippen molar-refractivity contribution in [2.45, 2.75) is 6.04 Å². The van der Waals surface area contributed by atoms with Gasteiger partial charge in [0.25, 0.3) is 0 Å². The molecule has 2 N–H and O–H groups in total. The Morgan fingerprint density at radius 2 is 2.08 bits per heavy atom. The van der Waals surface area contributed by atoms with E-state index in [-0.39, 0.29) is 49.1 Å². The largest absolute Gasteiger partial charge is 0.383 e. The Kier molecular flexibility index (Phi) is 13.6. The summed E-state index contributed by atoms with van der Waals surface area (Å²) in [7, 11) is 1.62. The molecule has 1 aliphatic heterocycles. The highest BCUT2D eigenvalue weighted by Crippen LogP contribution is 2.22. The van der Waals surface area contributed by atoms with Crippen molar-refractivity contribution in [3.8, 4) is 0 Å². The number of halogens is 3. The highest BCUT2D eigenvalue weighted by molar-refractivity contribution is 5.85. The molecule has 0 spiro atoms. The maximum absolute atomic E-state index is 13.6. The number of nitrogens with zero attached hydrogens (tertiary/aromatic N) is 1. The van der Waals surface area contributed by atoms with Crippen molar-refractivity contribution in [1.82, 2.24) is 15.5 Å². The maximum atomic E-state index is 13.6. The first-order valence-corrected chi connectivity index (χ1v) is 8.24. The normalized spacial score (nSPS) is 15.5. The van der Waals surface area contributed by atoms with Crippen LogP contribution in [0.25, 0.3) is 0 Å². The number of nitrogens with one attached hydrogen (secondary N) is 2. The van der Waals surface area contributed by atoms with Gasteiger partial charge in [0.1, 0.15) is 5.82 Å². The van der Waals surface area contributed by atoms with Gasteiger partial charge in [0.2, 0.25) is 5.91 Å². The van der Waals surface area contributed by atoms with Gasteiger partial charge in [-0.25, -0.2) is 4.39 Å². The van der Waals surface area contributed by atoms with Crippen LogP contribution >= 0.6 is 24.8 Å². The van der Waals surface area contributed by atoms with E-state index >= 15 is 0 Å². The van der Waals surface area contributed by atoms with E-state index in [0.29, 0.717) is 32.9 Å². The first-order valence-electron chi connectivity index (χ1n) is 8.24. The summed E-state index contributed by atoms with van der Waals surface area (Å²) in [5, 5.41) is 5.94. The zero-order chi connectivity index (χ0) is 17.2. The lowest BCUT2D eigenvalue weighted by Gasteiger charge is -2.35. The fourth-order valence-electron chi connectivity index (χ4n) is 2.71. The molecule has 1 heterocycles. The Hall–Kier alpha value is -0.960. The summed E-state index contributed by atoms with van der Waals surface area (Å²) in [4.78, 5) is 14.2. The van der Waals surface area contributed by atoms with E-state index in [0.717, 1.165) is 18.7 Å². The minimum absolute atomic E-state index is 0. The smallest absolute Gasteiger partial charge is 0.234 e. The van der Waals surface area contributed by atoms with Gasteiger partial charge in [-0.05, 0) is 17.7 Å². The molecule has 26 heavy (non-hydrogen) atoms. The number of benzene rings is 1. The molecule has 150 valence electrons. The monoisotopic (exact) mass is 411 g/mol. The number of hydrogen-bond donors (Lipinski definition) is 2. The van der Waals surface area contributed by atoms with E-state index in [2.05, 4.69) is 15.5 Å². The molecule has 1 atom stereocenters. The predicted octanol–water partition coefficient (Wildman–Crippen LogP) is 1.39. The van der Waals surface area contributed by atoms with Crippen molar-refractivity contribution < 1.29 is 18.7 Å². The van der Waals surface area contributed by atoms with Gasteiger partial charge in [-0.2, -0.15) is 0 Å². The van der Waals surface area contributed by atoms with Crippen LogP contribution in [0.4, 0.5) is 4.39 Å². The minimum Gasteiger partial charge on any atom is -0.383 e. The molecule has 1 unspecified atom stereocenters. The van der Waals surface area contributed by atoms with Crippen LogP contribution in [0.5, 0.6) is 0 Å². The third-order valence-electron chi connectivity index (χ3n) is 3.98.